The van der Waals surface area contributed by atoms with Gasteiger partial charge >= 0.3 is 0 Å². The molecule has 2 aromatic rings. The first-order valence-corrected chi connectivity index (χ1v) is 7.85. The van der Waals surface area contributed by atoms with Crippen molar-refractivity contribution in [2.24, 2.45) is 0 Å². The van der Waals surface area contributed by atoms with Crippen molar-refractivity contribution >= 4 is 5.69 Å². The van der Waals surface area contributed by atoms with E-state index in [1.54, 1.807) is 0 Å². The molecule has 3 rings (SSSR count). The quantitative estimate of drug-likeness (QED) is 0.904. The van der Waals surface area contributed by atoms with Gasteiger partial charge in [0.25, 0.3) is 0 Å². The molecule has 1 N–H and O–H groups in total. The van der Waals surface area contributed by atoms with Gasteiger partial charge in [0.2, 0.25) is 0 Å². The Kier molecular flexibility index (Phi) is 4.26. The lowest BCUT2D eigenvalue weighted by Crippen LogP contribution is -2.42. The summed E-state index contributed by atoms with van der Waals surface area (Å²) >= 11 is 0. The lowest BCUT2D eigenvalue weighted by molar-refractivity contribution is 0.190. The number of likely N-dealkylation sites (tertiary alicyclic amines) is 1. The first-order chi connectivity index (χ1) is 10.2. The SMILES string of the molecule is CC1CC(Nc2ccccc2-c2ccccc2)CCN1C. The Morgan fingerprint density at radius 3 is 2.48 bits per heavy atom. The van der Waals surface area contributed by atoms with Gasteiger partial charge in [0.05, 0.1) is 0 Å². The molecule has 21 heavy (non-hydrogen) atoms. The lowest BCUT2D eigenvalue weighted by Gasteiger charge is -2.36. The van der Waals surface area contributed by atoms with Crippen molar-refractivity contribution in [3.05, 3.63) is 54.6 Å². The maximum absolute atomic E-state index is 3.77. The van der Waals surface area contributed by atoms with Crippen molar-refractivity contribution in [3.63, 3.8) is 0 Å². The van der Waals surface area contributed by atoms with Gasteiger partial charge in [-0.1, -0.05) is 48.5 Å². The number of benzene rings is 2. The Bertz CT molecular complexity index is 579. The van der Waals surface area contributed by atoms with E-state index in [9.17, 15) is 0 Å². The first kappa shape index (κ1) is 14.2. The highest BCUT2D eigenvalue weighted by molar-refractivity contribution is 5.77. The van der Waals surface area contributed by atoms with E-state index in [2.05, 4.69) is 78.8 Å². The fourth-order valence-electron chi connectivity index (χ4n) is 3.12. The number of nitrogens with one attached hydrogen (secondary N) is 1. The fraction of sp³-hybridized carbons (Fsp3) is 0.368. The molecule has 1 fully saturated rings. The third-order valence-corrected chi connectivity index (χ3v) is 4.58. The van der Waals surface area contributed by atoms with Crippen LogP contribution in [0.2, 0.25) is 0 Å². The van der Waals surface area contributed by atoms with Crippen LogP contribution in [-0.2, 0) is 0 Å². The number of para-hydroxylation sites is 1. The monoisotopic (exact) mass is 280 g/mol. The third kappa shape index (κ3) is 3.27. The summed E-state index contributed by atoms with van der Waals surface area (Å²) in [5, 5.41) is 3.77. The maximum Gasteiger partial charge on any atom is 0.0422 e. The maximum atomic E-state index is 3.77. The van der Waals surface area contributed by atoms with E-state index in [4.69, 9.17) is 0 Å². The molecule has 0 radical (unpaired) electrons. The minimum Gasteiger partial charge on any atom is -0.382 e. The highest BCUT2D eigenvalue weighted by Gasteiger charge is 2.23. The molecule has 1 saturated heterocycles. The molecular weight excluding hydrogens is 256 g/mol. The van der Waals surface area contributed by atoms with Crippen molar-refractivity contribution in [2.45, 2.75) is 31.8 Å². The van der Waals surface area contributed by atoms with Gasteiger partial charge in [-0.2, -0.15) is 0 Å². The van der Waals surface area contributed by atoms with Crippen LogP contribution >= 0.6 is 0 Å². The third-order valence-electron chi connectivity index (χ3n) is 4.58. The molecule has 0 spiro atoms. The average Bonchev–Trinajstić information content (AvgIpc) is 2.52. The Hall–Kier alpha value is -1.80. The number of rotatable bonds is 3. The van der Waals surface area contributed by atoms with Crippen molar-refractivity contribution in [3.8, 4) is 11.1 Å². The lowest BCUT2D eigenvalue weighted by atomic mass is 9.97. The van der Waals surface area contributed by atoms with E-state index >= 15 is 0 Å². The van der Waals surface area contributed by atoms with Crippen LogP contribution in [0, 0.1) is 0 Å². The highest BCUT2D eigenvalue weighted by atomic mass is 15.1. The summed E-state index contributed by atoms with van der Waals surface area (Å²) in [4.78, 5) is 2.45. The van der Waals surface area contributed by atoms with Crippen LogP contribution in [0.5, 0.6) is 0 Å². The van der Waals surface area contributed by atoms with Crippen molar-refractivity contribution in [1.29, 1.82) is 0 Å². The minimum absolute atomic E-state index is 0.570. The fourth-order valence-corrected chi connectivity index (χ4v) is 3.12. The van der Waals surface area contributed by atoms with Gasteiger partial charge in [0.15, 0.2) is 0 Å². The van der Waals surface area contributed by atoms with E-state index < -0.39 is 0 Å². The van der Waals surface area contributed by atoms with E-state index in [0.29, 0.717) is 12.1 Å². The zero-order chi connectivity index (χ0) is 14.7. The summed E-state index contributed by atoms with van der Waals surface area (Å²) in [7, 11) is 2.22. The van der Waals surface area contributed by atoms with Crippen molar-refractivity contribution < 1.29 is 0 Å². The molecule has 2 unspecified atom stereocenters. The molecule has 0 saturated carbocycles. The molecule has 110 valence electrons. The normalized spacial score (nSPS) is 23.0. The molecule has 1 aliphatic heterocycles. The molecule has 2 nitrogen and oxygen atoms in total. The van der Waals surface area contributed by atoms with Crippen molar-refractivity contribution in [1.82, 2.24) is 4.90 Å². The van der Waals surface area contributed by atoms with E-state index in [-0.39, 0.29) is 0 Å². The second-order valence-corrected chi connectivity index (χ2v) is 6.11. The Balaban J connectivity index is 1.80. The standard InChI is InChI=1S/C19H24N2/c1-15-14-17(12-13-21(15)2)20-19-11-7-6-10-18(19)16-8-4-3-5-9-16/h3-11,15,17,20H,12-14H2,1-2H3. The van der Waals surface area contributed by atoms with Crippen LogP contribution in [0.1, 0.15) is 19.8 Å². The summed E-state index contributed by atoms with van der Waals surface area (Å²) in [6.07, 6.45) is 2.42. The van der Waals surface area contributed by atoms with Gasteiger partial charge in [-0.25, -0.2) is 0 Å². The Morgan fingerprint density at radius 2 is 1.71 bits per heavy atom. The van der Waals surface area contributed by atoms with Gasteiger partial charge in [0.1, 0.15) is 0 Å². The summed E-state index contributed by atoms with van der Waals surface area (Å²) in [5.74, 6) is 0. The molecule has 1 heterocycles. The number of hydrogen-bond donors (Lipinski definition) is 1. The van der Waals surface area contributed by atoms with Gasteiger partial charge in [0, 0.05) is 29.9 Å². The average molecular weight is 280 g/mol. The molecule has 0 amide bonds. The van der Waals surface area contributed by atoms with Crippen LogP contribution < -0.4 is 5.32 Å². The van der Waals surface area contributed by atoms with Crippen molar-refractivity contribution in [2.75, 3.05) is 18.9 Å². The number of anilines is 1. The Labute approximate surface area is 127 Å². The van der Waals surface area contributed by atoms with Gasteiger partial charge < -0.3 is 10.2 Å². The van der Waals surface area contributed by atoms with Gasteiger partial charge in [-0.3, -0.25) is 0 Å². The van der Waals surface area contributed by atoms with E-state index in [0.717, 1.165) is 0 Å². The first-order valence-electron chi connectivity index (χ1n) is 7.85. The van der Waals surface area contributed by atoms with Crippen LogP contribution in [-0.4, -0.2) is 30.6 Å². The van der Waals surface area contributed by atoms with E-state index in [1.165, 1.54) is 36.2 Å². The van der Waals surface area contributed by atoms with Gasteiger partial charge in [-0.15, -0.1) is 0 Å². The van der Waals surface area contributed by atoms with Crippen LogP contribution in [0.4, 0.5) is 5.69 Å². The van der Waals surface area contributed by atoms with Crippen LogP contribution in [0.25, 0.3) is 11.1 Å². The predicted molar refractivity (Wildman–Crippen MR) is 90.6 cm³/mol. The second kappa shape index (κ2) is 6.31. The molecule has 2 aromatic carbocycles. The van der Waals surface area contributed by atoms with Gasteiger partial charge in [-0.05, 0) is 38.4 Å². The molecule has 1 aliphatic rings. The molecule has 0 bridgehead atoms. The summed E-state index contributed by atoms with van der Waals surface area (Å²) in [6.45, 7) is 3.49. The summed E-state index contributed by atoms with van der Waals surface area (Å²) < 4.78 is 0. The number of piperidine rings is 1. The topological polar surface area (TPSA) is 15.3 Å². The minimum atomic E-state index is 0.570. The predicted octanol–water partition coefficient (Wildman–Crippen LogP) is 4.25. The molecular formula is C19H24N2. The van der Waals surface area contributed by atoms with Crippen LogP contribution in [0.15, 0.2) is 54.6 Å². The number of nitrogens with zero attached hydrogens (tertiary/aromatic N) is 1. The molecule has 2 heteroatoms. The molecule has 2 atom stereocenters. The zero-order valence-electron chi connectivity index (χ0n) is 12.9. The molecule has 0 aromatic heterocycles. The van der Waals surface area contributed by atoms with E-state index in [1.807, 2.05) is 0 Å². The van der Waals surface area contributed by atoms with Crippen LogP contribution in [0.3, 0.4) is 0 Å². The number of hydrogen-bond acceptors (Lipinski definition) is 2. The summed E-state index contributed by atoms with van der Waals surface area (Å²) in [5.41, 5.74) is 3.83. The smallest absolute Gasteiger partial charge is 0.0422 e. The second-order valence-electron chi connectivity index (χ2n) is 6.11. The summed E-state index contributed by atoms with van der Waals surface area (Å²) in [6, 6.07) is 20.5. The molecule has 0 aliphatic carbocycles. The Morgan fingerprint density at radius 1 is 1.00 bits per heavy atom. The zero-order valence-corrected chi connectivity index (χ0v) is 12.9. The highest BCUT2D eigenvalue weighted by Crippen LogP contribution is 2.29. The largest absolute Gasteiger partial charge is 0.382 e.